The van der Waals surface area contributed by atoms with Gasteiger partial charge in [-0.05, 0) is 0 Å². The van der Waals surface area contributed by atoms with E-state index < -0.39 is 0 Å². The van der Waals surface area contributed by atoms with Gasteiger partial charge in [0.2, 0.25) is 0 Å². The molecule has 0 bridgehead atoms. The smallest absolute Gasteiger partial charge is 0.150 e. The van der Waals surface area contributed by atoms with Gasteiger partial charge in [-0.15, -0.1) is 0 Å². The van der Waals surface area contributed by atoms with Crippen LogP contribution in [-0.4, -0.2) is 18.4 Å². The van der Waals surface area contributed by atoms with Crippen molar-refractivity contribution in [3.63, 3.8) is 0 Å². The van der Waals surface area contributed by atoms with Gasteiger partial charge in [0.1, 0.15) is 12.4 Å². The zero-order valence-electron chi connectivity index (χ0n) is 5.51. The molecule has 0 atom stereocenters. The third-order valence-electron chi connectivity index (χ3n) is 1.06. The van der Waals surface area contributed by atoms with Crippen molar-refractivity contribution in [2.75, 3.05) is 13.2 Å². The minimum Gasteiger partial charge on any atom is -0.360 e. The first-order valence-electron chi connectivity index (χ1n) is 3.09. The van der Waals surface area contributed by atoms with Crippen LogP contribution >= 0.6 is 0 Å². The molecule has 0 amide bonds. The van der Waals surface area contributed by atoms with Gasteiger partial charge >= 0.3 is 0 Å². The van der Waals surface area contributed by atoms with Gasteiger partial charge in [-0.2, -0.15) is 0 Å². The highest BCUT2D eigenvalue weighted by Gasteiger charge is 1.93. The number of alkyl halides is 1. The second-order valence-electron chi connectivity index (χ2n) is 1.84. The van der Waals surface area contributed by atoms with E-state index in [1.165, 1.54) is 0 Å². The summed E-state index contributed by atoms with van der Waals surface area (Å²) < 4.78 is 16.3. The van der Waals surface area contributed by atoms with Crippen LogP contribution in [0.1, 0.15) is 5.76 Å². The van der Waals surface area contributed by atoms with Crippen molar-refractivity contribution in [2.24, 2.45) is 0 Å². The van der Waals surface area contributed by atoms with E-state index in [9.17, 15) is 4.39 Å². The van der Waals surface area contributed by atoms with Crippen LogP contribution in [0.25, 0.3) is 0 Å². The number of nitrogens with one attached hydrogen (secondary N) is 1. The minimum absolute atomic E-state index is 0.353. The fourth-order valence-corrected chi connectivity index (χ4v) is 0.612. The van der Waals surface area contributed by atoms with Crippen LogP contribution in [0.4, 0.5) is 4.39 Å². The first kappa shape index (κ1) is 7.21. The first-order valence-corrected chi connectivity index (χ1v) is 3.09. The molecule has 0 saturated heterocycles. The molecule has 0 aliphatic heterocycles. The monoisotopic (exact) mass is 144 g/mol. The molecule has 1 aromatic heterocycles. The van der Waals surface area contributed by atoms with E-state index in [1.807, 2.05) is 0 Å². The van der Waals surface area contributed by atoms with Crippen molar-refractivity contribution in [3.05, 3.63) is 18.0 Å². The Hall–Kier alpha value is -0.900. The molecule has 0 spiro atoms. The van der Waals surface area contributed by atoms with Crippen molar-refractivity contribution in [3.8, 4) is 0 Å². The van der Waals surface area contributed by atoms with Crippen LogP contribution in [0.5, 0.6) is 0 Å². The van der Waals surface area contributed by atoms with E-state index in [0.29, 0.717) is 13.1 Å². The van der Waals surface area contributed by atoms with Gasteiger partial charge < -0.3 is 9.84 Å². The van der Waals surface area contributed by atoms with Crippen molar-refractivity contribution in [1.29, 1.82) is 0 Å². The average molecular weight is 144 g/mol. The van der Waals surface area contributed by atoms with Crippen molar-refractivity contribution in [1.82, 2.24) is 10.5 Å². The van der Waals surface area contributed by atoms with E-state index >= 15 is 0 Å². The lowest BCUT2D eigenvalue weighted by Gasteiger charge is -1.94. The van der Waals surface area contributed by atoms with Crippen LogP contribution in [0, 0.1) is 0 Å². The fraction of sp³-hybridized carbons (Fsp3) is 0.500. The predicted octanol–water partition coefficient (Wildman–Crippen LogP) is 0.734. The molecule has 0 fully saturated rings. The molecule has 1 N–H and O–H groups in total. The van der Waals surface area contributed by atoms with Gasteiger partial charge in [-0.25, -0.2) is 4.39 Å². The van der Waals surface area contributed by atoms with Gasteiger partial charge in [0.15, 0.2) is 0 Å². The standard InChI is InChI=1S/C6H9FN2O/c7-2-4-8-5-6-1-3-9-10-6/h1,3,8H,2,4-5H2. The lowest BCUT2D eigenvalue weighted by molar-refractivity contribution is 0.367. The molecule has 10 heavy (non-hydrogen) atoms. The Morgan fingerprint density at radius 3 is 3.20 bits per heavy atom. The molecule has 56 valence electrons. The van der Waals surface area contributed by atoms with E-state index in [1.54, 1.807) is 12.3 Å². The molecular weight excluding hydrogens is 135 g/mol. The Labute approximate surface area is 58.2 Å². The summed E-state index contributed by atoms with van der Waals surface area (Å²) in [7, 11) is 0. The lowest BCUT2D eigenvalue weighted by atomic mass is 10.4. The van der Waals surface area contributed by atoms with Crippen molar-refractivity contribution < 1.29 is 8.91 Å². The first-order chi connectivity index (χ1) is 4.93. The number of hydrogen-bond donors (Lipinski definition) is 1. The van der Waals surface area contributed by atoms with Gasteiger partial charge in [0, 0.05) is 12.6 Å². The number of hydrogen-bond acceptors (Lipinski definition) is 3. The molecule has 0 saturated carbocycles. The normalized spacial score (nSPS) is 10.1. The summed E-state index contributed by atoms with van der Waals surface area (Å²) in [6, 6.07) is 1.74. The third-order valence-corrected chi connectivity index (χ3v) is 1.06. The quantitative estimate of drug-likeness (QED) is 0.633. The predicted molar refractivity (Wildman–Crippen MR) is 34.2 cm³/mol. The summed E-state index contributed by atoms with van der Waals surface area (Å²) >= 11 is 0. The van der Waals surface area contributed by atoms with Gasteiger partial charge in [0.25, 0.3) is 0 Å². The van der Waals surface area contributed by atoms with Crippen LogP contribution in [-0.2, 0) is 6.54 Å². The summed E-state index contributed by atoms with van der Waals surface area (Å²) in [6.07, 6.45) is 1.56. The van der Waals surface area contributed by atoms with Gasteiger partial charge in [-0.1, -0.05) is 5.16 Å². The van der Waals surface area contributed by atoms with E-state index in [0.717, 1.165) is 5.76 Å². The maximum absolute atomic E-state index is 11.5. The average Bonchev–Trinajstić information content (AvgIpc) is 2.41. The van der Waals surface area contributed by atoms with Gasteiger partial charge in [-0.3, -0.25) is 0 Å². The Morgan fingerprint density at radius 2 is 2.60 bits per heavy atom. The molecule has 0 unspecified atom stereocenters. The summed E-state index contributed by atoms with van der Waals surface area (Å²) in [5.41, 5.74) is 0. The second-order valence-corrected chi connectivity index (χ2v) is 1.84. The highest BCUT2D eigenvalue weighted by atomic mass is 19.1. The number of aromatic nitrogens is 1. The molecule has 1 rings (SSSR count). The maximum atomic E-state index is 11.5. The number of halogens is 1. The summed E-state index contributed by atoms with van der Waals surface area (Å²) in [6.45, 7) is 0.554. The van der Waals surface area contributed by atoms with E-state index in [2.05, 4.69) is 10.5 Å². The Bertz CT molecular complexity index is 164. The molecule has 0 aliphatic rings. The number of nitrogens with zero attached hydrogens (tertiary/aromatic N) is 1. The zero-order chi connectivity index (χ0) is 7.23. The van der Waals surface area contributed by atoms with Crippen LogP contribution in [0.2, 0.25) is 0 Å². The topological polar surface area (TPSA) is 38.1 Å². The van der Waals surface area contributed by atoms with Crippen molar-refractivity contribution >= 4 is 0 Å². The zero-order valence-corrected chi connectivity index (χ0v) is 5.51. The van der Waals surface area contributed by atoms with Gasteiger partial charge in [0.05, 0.1) is 12.7 Å². The van der Waals surface area contributed by atoms with Crippen molar-refractivity contribution in [2.45, 2.75) is 6.54 Å². The number of rotatable bonds is 4. The molecule has 0 aromatic carbocycles. The Kier molecular flexibility index (Phi) is 2.89. The molecular formula is C6H9FN2O. The summed E-state index contributed by atoms with van der Waals surface area (Å²) in [5.74, 6) is 0.730. The minimum atomic E-state index is -0.353. The molecule has 0 aliphatic carbocycles. The van der Waals surface area contributed by atoms with E-state index in [-0.39, 0.29) is 6.67 Å². The van der Waals surface area contributed by atoms with Crippen LogP contribution < -0.4 is 5.32 Å². The van der Waals surface area contributed by atoms with Crippen LogP contribution in [0.15, 0.2) is 16.8 Å². The van der Waals surface area contributed by atoms with E-state index in [4.69, 9.17) is 4.52 Å². The fourth-order valence-electron chi connectivity index (χ4n) is 0.612. The molecule has 3 nitrogen and oxygen atoms in total. The highest BCUT2D eigenvalue weighted by molar-refractivity contribution is 4.91. The lowest BCUT2D eigenvalue weighted by Crippen LogP contribution is -2.15. The summed E-state index contributed by atoms with van der Waals surface area (Å²) in [5, 5.41) is 6.32. The largest absolute Gasteiger partial charge is 0.360 e. The van der Waals surface area contributed by atoms with Crippen LogP contribution in [0.3, 0.4) is 0 Å². The SMILES string of the molecule is FCCNCc1ccno1. The maximum Gasteiger partial charge on any atom is 0.150 e. The third kappa shape index (κ3) is 2.14. The molecule has 0 radical (unpaired) electrons. The molecule has 1 aromatic rings. The Balaban J connectivity index is 2.15. The summed E-state index contributed by atoms with van der Waals surface area (Å²) in [4.78, 5) is 0. The second kappa shape index (κ2) is 4.00. The Morgan fingerprint density at radius 1 is 1.70 bits per heavy atom. The molecule has 1 heterocycles. The molecule has 4 heteroatoms. The highest BCUT2D eigenvalue weighted by Crippen LogP contribution is 1.93.